The van der Waals surface area contributed by atoms with Crippen molar-refractivity contribution in [1.29, 1.82) is 0 Å². The van der Waals surface area contributed by atoms with E-state index in [1.165, 1.54) is 10.2 Å². The summed E-state index contributed by atoms with van der Waals surface area (Å²) in [5.41, 5.74) is 0.923. The molecule has 1 atom stereocenters. The predicted molar refractivity (Wildman–Crippen MR) is 106 cm³/mol. The molecule has 0 radical (unpaired) electrons. The van der Waals surface area contributed by atoms with Gasteiger partial charge in [-0.15, -0.1) is 0 Å². The average Bonchev–Trinajstić information content (AvgIpc) is 2.98. The first-order chi connectivity index (χ1) is 12.2. The van der Waals surface area contributed by atoms with Gasteiger partial charge >= 0.3 is 0 Å². The number of aromatic nitrogens is 1. The van der Waals surface area contributed by atoms with Gasteiger partial charge in [0.1, 0.15) is 22.3 Å². The maximum atomic E-state index is 13.2. The molecule has 2 aromatic carbocycles. The summed E-state index contributed by atoms with van der Waals surface area (Å²) >= 11 is -1.48. The number of nitrogens with zero attached hydrogens (tertiary/aromatic N) is 2. The van der Waals surface area contributed by atoms with E-state index in [0.29, 0.717) is 11.2 Å². The van der Waals surface area contributed by atoms with Gasteiger partial charge in [-0.1, -0.05) is 40.8 Å². The van der Waals surface area contributed by atoms with Crippen LogP contribution in [-0.2, 0) is 21.4 Å². The summed E-state index contributed by atoms with van der Waals surface area (Å²) in [5.74, 6) is 0. The molecule has 3 rings (SSSR count). The Bertz CT molecular complexity index is 1050. The van der Waals surface area contributed by atoms with Crippen molar-refractivity contribution in [2.24, 2.45) is 4.40 Å². The van der Waals surface area contributed by atoms with Gasteiger partial charge in [0.25, 0.3) is 10.0 Å². The molecule has 0 amide bonds. The minimum Gasteiger partial charge on any atom is -0.591 e. The molecule has 0 aliphatic rings. The molecular weight excluding hydrogens is 368 g/mol. The Labute approximate surface area is 156 Å². The Morgan fingerprint density at radius 2 is 1.65 bits per heavy atom. The first-order valence-electron chi connectivity index (χ1n) is 8.08. The smallest absolute Gasteiger partial charge is 0.268 e. The molecule has 26 heavy (non-hydrogen) atoms. The van der Waals surface area contributed by atoms with Crippen LogP contribution in [-0.4, -0.2) is 27.9 Å². The second kappa shape index (κ2) is 6.90. The molecule has 1 aromatic heterocycles. The van der Waals surface area contributed by atoms with Crippen molar-refractivity contribution in [3.8, 4) is 0 Å². The second-order valence-electron chi connectivity index (χ2n) is 6.81. The SMILES string of the molecule is CC(C)(C)[S+]([O-])N=Cc1cc2ccccc2n1S(=O)(=O)c1ccccc1. The predicted octanol–water partition coefficient (Wildman–Crippen LogP) is 3.76. The molecule has 0 aliphatic carbocycles. The number of hydrogen-bond donors (Lipinski definition) is 0. The van der Waals surface area contributed by atoms with Crippen LogP contribution in [0.15, 0.2) is 70.0 Å². The zero-order valence-corrected chi connectivity index (χ0v) is 16.4. The lowest BCUT2D eigenvalue weighted by molar-refractivity contribution is 0.561. The Hall–Kier alpha value is -2.09. The van der Waals surface area contributed by atoms with Gasteiger partial charge in [-0.2, -0.15) is 0 Å². The summed E-state index contributed by atoms with van der Waals surface area (Å²) in [4.78, 5) is 0.188. The van der Waals surface area contributed by atoms with Gasteiger partial charge < -0.3 is 4.55 Å². The molecule has 0 spiro atoms. The fourth-order valence-corrected chi connectivity index (χ4v) is 4.50. The summed E-state index contributed by atoms with van der Waals surface area (Å²) in [7, 11) is -3.81. The molecule has 0 bridgehead atoms. The highest BCUT2D eigenvalue weighted by atomic mass is 32.2. The summed E-state index contributed by atoms with van der Waals surface area (Å²) < 4.78 is 43.5. The number of fused-ring (bicyclic) bond motifs is 1. The Balaban J connectivity index is 2.20. The first kappa shape index (κ1) is 18.7. The number of hydrogen-bond acceptors (Lipinski definition) is 4. The largest absolute Gasteiger partial charge is 0.591 e. The number of benzene rings is 2. The zero-order chi connectivity index (χ0) is 18.9. The molecule has 7 heteroatoms. The third-order valence-electron chi connectivity index (χ3n) is 3.78. The first-order valence-corrected chi connectivity index (χ1v) is 10.6. The van der Waals surface area contributed by atoms with Crippen LogP contribution in [0.4, 0.5) is 0 Å². The van der Waals surface area contributed by atoms with Crippen molar-refractivity contribution < 1.29 is 13.0 Å². The second-order valence-corrected chi connectivity index (χ2v) is 10.5. The van der Waals surface area contributed by atoms with Crippen molar-refractivity contribution in [3.63, 3.8) is 0 Å². The molecule has 3 aromatic rings. The minimum atomic E-state index is -3.81. The summed E-state index contributed by atoms with van der Waals surface area (Å²) in [5, 5.41) is 0.773. The lowest BCUT2D eigenvalue weighted by atomic mass is 10.2. The van der Waals surface area contributed by atoms with Crippen molar-refractivity contribution in [3.05, 3.63) is 66.4 Å². The molecule has 1 unspecified atom stereocenters. The van der Waals surface area contributed by atoms with Crippen molar-refractivity contribution in [2.45, 2.75) is 30.4 Å². The van der Waals surface area contributed by atoms with E-state index in [1.807, 2.05) is 32.9 Å². The van der Waals surface area contributed by atoms with Gasteiger partial charge in [0.2, 0.25) is 0 Å². The molecule has 1 heterocycles. The number of rotatable bonds is 4. The molecule has 0 saturated carbocycles. The van der Waals surface area contributed by atoms with E-state index in [4.69, 9.17) is 0 Å². The monoisotopic (exact) mass is 388 g/mol. The van der Waals surface area contributed by atoms with Gasteiger partial charge in [-0.05, 0) is 45.0 Å². The van der Waals surface area contributed by atoms with E-state index >= 15 is 0 Å². The third-order valence-corrected chi connectivity index (χ3v) is 6.88. The van der Waals surface area contributed by atoms with Gasteiger partial charge in [-0.3, -0.25) is 0 Å². The lowest BCUT2D eigenvalue weighted by Gasteiger charge is -2.17. The fraction of sp³-hybridized carbons (Fsp3) is 0.211. The van der Waals surface area contributed by atoms with Crippen LogP contribution in [0.2, 0.25) is 0 Å². The van der Waals surface area contributed by atoms with Crippen molar-refractivity contribution in [1.82, 2.24) is 3.97 Å². The number of para-hydroxylation sites is 1. The molecule has 136 valence electrons. The van der Waals surface area contributed by atoms with Gasteiger partial charge in [-0.25, -0.2) is 12.4 Å². The van der Waals surface area contributed by atoms with E-state index in [2.05, 4.69) is 4.40 Å². The lowest BCUT2D eigenvalue weighted by Crippen LogP contribution is -2.26. The van der Waals surface area contributed by atoms with Crippen molar-refractivity contribution >= 4 is 38.5 Å². The Kier molecular flexibility index (Phi) is 4.96. The van der Waals surface area contributed by atoms with Crippen LogP contribution in [0.3, 0.4) is 0 Å². The quantitative estimate of drug-likeness (QED) is 0.504. The van der Waals surface area contributed by atoms with Crippen LogP contribution in [0, 0.1) is 0 Å². The third kappa shape index (κ3) is 3.56. The van der Waals surface area contributed by atoms with Crippen LogP contribution >= 0.6 is 0 Å². The summed E-state index contributed by atoms with van der Waals surface area (Å²) in [6.45, 7) is 5.45. The molecular formula is C19H20N2O3S2. The normalized spacial score (nSPS) is 14.2. The van der Waals surface area contributed by atoms with E-state index in [1.54, 1.807) is 48.5 Å². The topological polar surface area (TPSA) is 74.5 Å². The van der Waals surface area contributed by atoms with E-state index in [0.717, 1.165) is 5.39 Å². The maximum Gasteiger partial charge on any atom is 0.268 e. The van der Waals surface area contributed by atoms with Gasteiger partial charge in [0.15, 0.2) is 0 Å². The summed E-state index contributed by atoms with van der Waals surface area (Å²) in [6.07, 6.45) is 1.38. The van der Waals surface area contributed by atoms with Crippen LogP contribution in [0.1, 0.15) is 26.5 Å². The van der Waals surface area contributed by atoms with Gasteiger partial charge in [0.05, 0.1) is 16.1 Å². The van der Waals surface area contributed by atoms with Crippen molar-refractivity contribution in [2.75, 3.05) is 0 Å². The highest BCUT2D eigenvalue weighted by Crippen LogP contribution is 2.25. The Morgan fingerprint density at radius 1 is 1.04 bits per heavy atom. The summed E-state index contributed by atoms with van der Waals surface area (Å²) in [6, 6.07) is 17.2. The van der Waals surface area contributed by atoms with E-state index < -0.39 is 26.1 Å². The molecule has 0 N–H and O–H groups in total. The van der Waals surface area contributed by atoms with E-state index in [-0.39, 0.29) is 4.90 Å². The van der Waals surface area contributed by atoms with Crippen LogP contribution in [0.25, 0.3) is 10.9 Å². The van der Waals surface area contributed by atoms with Crippen LogP contribution in [0.5, 0.6) is 0 Å². The zero-order valence-electron chi connectivity index (χ0n) is 14.8. The highest BCUT2D eigenvalue weighted by molar-refractivity contribution is 7.91. The van der Waals surface area contributed by atoms with Crippen LogP contribution < -0.4 is 0 Å². The maximum absolute atomic E-state index is 13.2. The highest BCUT2D eigenvalue weighted by Gasteiger charge is 2.27. The minimum absolute atomic E-state index is 0.188. The fourth-order valence-electron chi connectivity index (χ4n) is 2.47. The van der Waals surface area contributed by atoms with Gasteiger partial charge in [0, 0.05) is 5.39 Å². The average molecular weight is 389 g/mol. The Morgan fingerprint density at radius 3 is 2.31 bits per heavy atom. The standard InChI is InChI=1S/C19H20N2O3S2/c1-19(2,3)25(22)20-14-16-13-15-9-7-8-12-18(15)21(16)26(23,24)17-10-5-4-6-11-17/h4-14H,1-3H3. The molecule has 0 fully saturated rings. The molecule has 0 aliphatic heterocycles. The van der Waals surface area contributed by atoms with E-state index in [9.17, 15) is 13.0 Å². The molecule has 0 saturated heterocycles. The molecule has 5 nitrogen and oxygen atoms in total.